The number of ether oxygens (including phenoxy) is 2. The third-order valence-electron chi connectivity index (χ3n) is 7.79. The summed E-state index contributed by atoms with van der Waals surface area (Å²) in [5, 5.41) is 10.1. The summed E-state index contributed by atoms with van der Waals surface area (Å²) in [5.41, 5.74) is 4.64. The smallest absolute Gasteiger partial charge is 0.228 e. The Labute approximate surface area is 229 Å². The second-order valence-corrected chi connectivity index (χ2v) is 10.8. The van der Waals surface area contributed by atoms with Crippen LogP contribution in [-0.4, -0.2) is 47.3 Å². The normalized spacial score (nSPS) is 19.8. The second-order valence-electron chi connectivity index (χ2n) is 10.8. The fourth-order valence-corrected chi connectivity index (χ4v) is 5.51. The highest BCUT2D eigenvalue weighted by atomic mass is 16.5. The summed E-state index contributed by atoms with van der Waals surface area (Å²) in [6.07, 6.45) is 0.786. The minimum Gasteiger partial charge on any atom is -0.508 e. The van der Waals surface area contributed by atoms with Crippen molar-refractivity contribution in [2.75, 3.05) is 19.7 Å². The molecular weight excluding hydrogens is 490 g/mol. The van der Waals surface area contributed by atoms with Crippen molar-refractivity contribution in [1.82, 2.24) is 4.90 Å². The lowest BCUT2D eigenvalue weighted by molar-refractivity contribution is -0.113. The molecule has 39 heavy (non-hydrogen) atoms. The number of carbonyl (C=O) groups is 2. The summed E-state index contributed by atoms with van der Waals surface area (Å²) in [6, 6.07) is 20.4. The van der Waals surface area contributed by atoms with Crippen molar-refractivity contribution in [2.24, 2.45) is 5.92 Å². The van der Waals surface area contributed by atoms with Crippen LogP contribution < -0.4 is 9.47 Å². The van der Waals surface area contributed by atoms with Gasteiger partial charge in [0.1, 0.15) is 30.0 Å². The second kappa shape index (κ2) is 11.1. The lowest BCUT2D eigenvalue weighted by Crippen LogP contribution is -2.35. The number of likely N-dealkylation sites (tertiary alicyclic amines) is 1. The van der Waals surface area contributed by atoms with Crippen molar-refractivity contribution < 1.29 is 24.2 Å². The van der Waals surface area contributed by atoms with Crippen LogP contribution in [0, 0.1) is 5.92 Å². The Morgan fingerprint density at radius 2 is 1.87 bits per heavy atom. The summed E-state index contributed by atoms with van der Waals surface area (Å²) in [5.74, 6) is 1.32. The van der Waals surface area contributed by atoms with Gasteiger partial charge in [0.2, 0.25) is 5.78 Å². The lowest BCUT2D eigenvalue weighted by Gasteiger charge is -2.31. The number of phenols is 1. The number of carbonyl (C=O) groups excluding carboxylic acids is 2. The number of benzene rings is 3. The maximum atomic E-state index is 12.5. The predicted molar refractivity (Wildman–Crippen MR) is 152 cm³/mol. The van der Waals surface area contributed by atoms with Gasteiger partial charge in [-0.05, 0) is 85.8 Å². The van der Waals surface area contributed by atoms with Crippen LogP contribution >= 0.6 is 0 Å². The Kier molecular flexibility index (Phi) is 7.58. The molecule has 3 aromatic carbocycles. The molecule has 2 aliphatic rings. The van der Waals surface area contributed by atoms with E-state index in [0.29, 0.717) is 24.0 Å². The quantitative estimate of drug-likeness (QED) is 0.273. The van der Waals surface area contributed by atoms with Gasteiger partial charge in [0.05, 0.1) is 0 Å². The van der Waals surface area contributed by atoms with E-state index in [9.17, 15) is 14.7 Å². The molecule has 6 nitrogen and oxygen atoms in total. The molecule has 0 aromatic heterocycles. The maximum absolute atomic E-state index is 12.5. The number of rotatable bonds is 8. The van der Waals surface area contributed by atoms with E-state index in [1.165, 1.54) is 13.3 Å². The molecule has 0 radical (unpaired) electrons. The molecule has 1 N–H and O–H groups in total. The summed E-state index contributed by atoms with van der Waals surface area (Å²) >= 11 is 0. The number of hydrogen-bond donors (Lipinski definition) is 1. The molecule has 1 saturated heterocycles. The van der Waals surface area contributed by atoms with Crippen LogP contribution in [0.4, 0.5) is 0 Å². The molecule has 1 fully saturated rings. The van der Waals surface area contributed by atoms with Crippen LogP contribution in [0.15, 0.2) is 66.7 Å². The van der Waals surface area contributed by atoms with Gasteiger partial charge >= 0.3 is 0 Å². The van der Waals surface area contributed by atoms with E-state index in [4.69, 9.17) is 9.47 Å². The zero-order valence-corrected chi connectivity index (χ0v) is 22.9. The van der Waals surface area contributed by atoms with Crippen LogP contribution in [0.3, 0.4) is 0 Å². The fourth-order valence-electron chi connectivity index (χ4n) is 5.51. The van der Waals surface area contributed by atoms with E-state index >= 15 is 0 Å². The number of fused-ring (bicyclic) bond motifs is 1. The Hall–Kier alpha value is -3.90. The van der Waals surface area contributed by atoms with Gasteiger partial charge in [-0.2, -0.15) is 0 Å². The molecule has 0 bridgehead atoms. The monoisotopic (exact) mass is 525 g/mol. The number of hydrogen-bond acceptors (Lipinski definition) is 6. The Morgan fingerprint density at radius 1 is 1.10 bits per heavy atom. The molecule has 5 rings (SSSR count). The third kappa shape index (κ3) is 5.62. The molecular formula is C33H35NO5. The molecule has 3 atom stereocenters. The van der Waals surface area contributed by atoms with Crippen LogP contribution in [0.2, 0.25) is 0 Å². The van der Waals surface area contributed by atoms with E-state index in [-0.39, 0.29) is 5.75 Å². The van der Waals surface area contributed by atoms with Gasteiger partial charge in [0.15, 0.2) is 5.78 Å². The van der Waals surface area contributed by atoms with Gasteiger partial charge in [-0.15, -0.1) is 0 Å². The average molecular weight is 526 g/mol. The first-order valence-corrected chi connectivity index (χ1v) is 13.5. The van der Waals surface area contributed by atoms with Gasteiger partial charge < -0.3 is 14.6 Å². The largest absolute Gasteiger partial charge is 0.508 e. The van der Waals surface area contributed by atoms with Crippen molar-refractivity contribution in [1.29, 1.82) is 0 Å². The van der Waals surface area contributed by atoms with Gasteiger partial charge in [0, 0.05) is 36.2 Å². The molecule has 0 spiro atoms. The molecule has 0 saturated carbocycles. The van der Waals surface area contributed by atoms with E-state index in [2.05, 4.69) is 18.7 Å². The molecule has 6 heteroatoms. The summed E-state index contributed by atoms with van der Waals surface area (Å²) in [7, 11) is 0. The first-order valence-electron chi connectivity index (χ1n) is 13.5. The Balaban J connectivity index is 1.45. The Morgan fingerprint density at radius 3 is 2.56 bits per heavy atom. The number of Topliss-reactive ketones (excluding diaryl/α,β-unsaturated/α-hetero) is 2. The third-order valence-corrected chi connectivity index (χ3v) is 7.79. The number of ketones is 2. The number of phenolic OH excluding ortho intramolecular Hbond substituents is 1. The number of nitrogens with zero attached hydrogens (tertiary/aromatic N) is 1. The van der Waals surface area contributed by atoms with E-state index in [1.807, 2.05) is 37.3 Å². The van der Waals surface area contributed by atoms with Crippen LogP contribution in [-0.2, 0) is 4.79 Å². The minimum atomic E-state index is -0.527. The molecule has 2 aliphatic heterocycles. The number of allylic oxidation sites excluding steroid dienone is 1. The average Bonchev–Trinajstić information content (AvgIpc) is 3.38. The molecule has 2 heterocycles. The maximum Gasteiger partial charge on any atom is 0.228 e. The molecule has 3 aromatic rings. The van der Waals surface area contributed by atoms with Crippen LogP contribution in [0.5, 0.6) is 17.2 Å². The fraction of sp³-hybridized carbons (Fsp3) is 0.333. The van der Waals surface area contributed by atoms with Crippen molar-refractivity contribution in [3.05, 3.63) is 89.0 Å². The van der Waals surface area contributed by atoms with E-state index in [0.717, 1.165) is 52.6 Å². The van der Waals surface area contributed by atoms with Crippen molar-refractivity contribution >= 4 is 22.7 Å². The summed E-state index contributed by atoms with van der Waals surface area (Å²) in [4.78, 5) is 26.7. The van der Waals surface area contributed by atoms with Crippen molar-refractivity contribution in [2.45, 2.75) is 46.3 Å². The highest BCUT2D eigenvalue weighted by Gasteiger charge is 2.30. The first kappa shape index (κ1) is 26.7. The predicted octanol–water partition coefficient (Wildman–Crippen LogP) is 6.34. The molecule has 3 unspecified atom stereocenters. The molecule has 0 aliphatic carbocycles. The summed E-state index contributed by atoms with van der Waals surface area (Å²) < 4.78 is 12.6. The van der Waals surface area contributed by atoms with E-state index in [1.54, 1.807) is 36.4 Å². The van der Waals surface area contributed by atoms with Gasteiger partial charge in [-0.1, -0.05) is 37.3 Å². The lowest BCUT2D eigenvalue weighted by atomic mass is 9.85. The minimum absolute atomic E-state index is 0.147. The summed E-state index contributed by atoms with van der Waals surface area (Å²) in [6.45, 7) is 10.6. The Bertz CT molecular complexity index is 1420. The zero-order chi connectivity index (χ0) is 27.7. The zero-order valence-electron chi connectivity index (χ0n) is 22.9. The van der Waals surface area contributed by atoms with Gasteiger partial charge in [-0.3, -0.25) is 14.5 Å². The highest BCUT2D eigenvalue weighted by Crippen LogP contribution is 2.47. The van der Waals surface area contributed by atoms with Gasteiger partial charge in [-0.25, -0.2) is 0 Å². The molecule has 0 amide bonds. The van der Waals surface area contributed by atoms with E-state index < -0.39 is 17.7 Å². The topological polar surface area (TPSA) is 76.1 Å². The highest BCUT2D eigenvalue weighted by molar-refractivity contribution is 6.43. The standard InChI is InChI=1S/C33H35NO5/c1-20-14-15-34(18-20)21(2)19-38-28-11-8-24(9-12-28)33-31(22(3)29-17-27(36)10-13-30(29)39-33)25-6-5-7-26(16-25)32(37)23(4)35/h5-13,16-17,20-21,33,36H,14-15,18-19H2,1-4H3. The SMILES string of the molecule is CC(=O)C(=O)c1cccc(C2=C(C)c3cc(O)ccc3OC2c2ccc(OCC(C)N3CCC(C)C3)cc2)c1. The number of aromatic hydroxyl groups is 1. The van der Waals surface area contributed by atoms with Gasteiger partial charge in [0.25, 0.3) is 0 Å². The van der Waals surface area contributed by atoms with Crippen LogP contribution in [0.1, 0.15) is 67.3 Å². The van der Waals surface area contributed by atoms with Crippen molar-refractivity contribution in [3.8, 4) is 17.2 Å². The first-order chi connectivity index (χ1) is 18.7. The van der Waals surface area contributed by atoms with Crippen molar-refractivity contribution in [3.63, 3.8) is 0 Å². The molecule has 202 valence electrons. The van der Waals surface area contributed by atoms with Crippen LogP contribution in [0.25, 0.3) is 11.1 Å².